The summed E-state index contributed by atoms with van der Waals surface area (Å²) in [7, 11) is 0. The van der Waals surface area contributed by atoms with Crippen LogP contribution in [0.15, 0.2) is 42.5 Å². The maximum atomic E-state index is 13.9. The fourth-order valence-corrected chi connectivity index (χ4v) is 5.69. The third kappa shape index (κ3) is 4.76. The summed E-state index contributed by atoms with van der Waals surface area (Å²) in [5.41, 5.74) is 11.9. The summed E-state index contributed by atoms with van der Waals surface area (Å²) in [5, 5.41) is 0. The first-order valence-corrected chi connectivity index (χ1v) is 12.1. The second kappa shape index (κ2) is 10.8. The maximum absolute atomic E-state index is 13.9. The van der Waals surface area contributed by atoms with E-state index in [0.717, 1.165) is 25.3 Å². The molecule has 0 saturated carbocycles. The van der Waals surface area contributed by atoms with Gasteiger partial charge in [0.05, 0.1) is 36.5 Å². The standard InChI is InChI=1S/C14H19F2NO.C13H18FNO/c1-3-9-12(4-2)18-8-14(9,17)10-6-5-7-11(15)13(10)16;1-3-10-9(2)16-8-13(10,15)11-6-4-5-7-12(11)14/h5-7,9,12H,3-4,8,17H2,1-2H3;4-7,9-10H,3,8,15H2,1-2H3. The summed E-state index contributed by atoms with van der Waals surface area (Å²) in [4.78, 5) is 0. The number of ether oxygens (including phenoxy) is 2. The topological polar surface area (TPSA) is 70.5 Å². The lowest BCUT2D eigenvalue weighted by molar-refractivity contribution is 0.0858. The lowest BCUT2D eigenvalue weighted by Gasteiger charge is -2.31. The van der Waals surface area contributed by atoms with Gasteiger partial charge in [0.1, 0.15) is 5.82 Å². The fourth-order valence-electron chi connectivity index (χ4n) is 5.69. The van der Waals surface area contributed by atoms with Crippen LogP contribution >= 0.6 is 0 Å². The number of benzene rings is 2. The van der Waals surface area contributed by atoms with Crippen molar-refractivity contribution in [3.63, 3.8) is 0 Å². The third-order valence-corrected chi connectivity index (χ3v) is 7.57. The molecule has 0 bridgehead atoms. The molecule has 2 aliphatic rings. The molecule has 4 rings (SSSR count). The Labute approximate surface area is 200 Å². The molecule has 34 heavy (non-hydrogen) atoms. The molecule has 2 aromatic carbocycles. The van der Waals surface area contributed by atoms with Crippen molar-refractivity contribution in [1.29, 1.82) is 0 Å². The van der Waals surface area contributed by atoms with Gasteiger partial charge in [-0.1, -0.05) is 51.1 Å². The first-order chi connectivity index (χ1) is 16.1. The first-order valence-electron chi connectivity index (χ1n) is 12.1. The lowest BCUT2D eigenvalue weighted by Crippen LogP contribution is -2.45. The van der Waals surface area contributed by atoms with Gasteiger partial charge in [-0.15, -0.1) is 0 Å². The fraction of sp³-hybridized carbons (Fsp3) is 0.556. The van der Waals surface area contributed by atoms with E-state index in [0.29, 0.717) is 12.2 Å². The Hall–Kier alpha value is -1.93. The predicted molar refractivity (Wildman–Crippen MR) is 127 cm³/mol. The van der Waals surface area contributed by atoms with E-state index in [9.17, 15) is 13.2 Å². The van der Waals surface area contributed by atoms with Gasteiger partial charge in [-0.25, -0.2) is 13.2 Å². The second-order valence-electron chi connectivity index (χ2n) is 9.47. The Morgan fingerprint density at radius 3 is 1.94 bits per heavy atom. The molecule has 2 heterocycles. The van der Waals surface area contributed by atoms with Gasteiger partial charge in [0.15, 0.2) is 11.6 Å². The van der Waals surface area contributed by atoms with Crippen molar-refractivity contribution in [3.8, 4) is 0 Å². The maximum Gasteiger partial charge on any atom is 0.163 e. The number of hydrogen-bond acceptors (Lipinski definition) is 4. The Morgan fingerprint density at radius 2 is 1.32 bits per heavy atom. The Kier molecular flexibility index (Phi) is 8.45. The highest BCUT2D eigenvalue weighted by molar-refractivity contribution is 5.30. The highest BCUT2D eigenvalue weighted by Crippen LogP contribution is 2.42. The molecule has 4 nitrogen and oxygen atoms in total. The first kappa shape index (κ1) is 26.7. The molecule has 4 N–H and O–H groups in total. The minimum Gasteiger partial charge on any atom is -0.376 e. The van der Waals surface area contributed by atoms with Crippen molar-refractivity contribution in [3.05, 3.63) is 71.0 Å². The zero-order valence-electron chi connectivity index (χ0n) is 20.5. The van der Waals surface area contributed by atoms with Crippen molar-refractivity contribution >= 4 is 0 Å². The number of nitrogens with two attached hydrogens (primary N) is 2. The zero-order valence-corrected chi connectivity index (χ0v) is 20.5. The molecule has 0 aliphatic carbocycles. The van der Waals surface area contributed by atoms with Gasteiger partial charge in [0.25, 0.3) is 0 Å². The van der Waals surface area contributed by atoms with E-state index in [1.54, 1.807) is 18.2 Å². The van der Waals surface area contributed by atoms with Crippen molar-refractivity contribution in [1.82, 2.24) is 0 Å². The van der Waals surface area contributed by atoms with Gasteiger partial charge >= 0.3 is 0 Å². The quantitative estimate of drug-likeness (QED) is 0.606. The van der Waals surface area contributed by atoms with E-state index in [4.69, 9.17) is 20.9 Å². The van der Waals surface area contributed by atoms with E-state index >= 15 is 0 Å². The van der Waals surface area contributed by atoms with E-state index < -0.39 is 22.7 Å². The molecular formula is C27H37F3N2O2. The highest BCUT2D eigenvalue weighted by Gasteiger charge is 2.48. The molecule has 0 spiro atoms. The molecule has 2 aromatic rings. The van der Waals surface area contributed by atoms with Gasteiger partial charge in [-0.2, -0.15) is 0 Å². The number of halogens is 3. The van der Waals surface area contributed by atoms with Crippen LogP contribution in [-0.2, 0) is 20.6 Å². The van der Waals surface area contributed by atoms with Gasteiger partial charge in [-0.3, -0.25) is 0 Å². The van der Waals surface area contributed by atoms with Crippen LogP contribution in [0.25, 0.3) is 0 Å². The smallest absolute Gasteiger partial charge is 0.163 e. The van der Waals surface area contributed by atoms with Gasteiger partial charge in [0.2, 0.25) is 0 Å². The van der Waals surface area contributed by atoms with Crippen molar-refractivity contribution in [2.75, 3.05) is 13.2 Å². The zero-order chi connectivity index (χ0) is 25.1. The monoisotopic (exact) mass is 478 g/mol. The molecule has 188 valence electrons. The van der Waals surface area contributed by atoms with Crippen LogP contribution in [0.4, 0.5) is 13.2 Å². The largest absolute Gasteiger partial charge is 0.376 e. The summed E-state index contributed by atoms with van der Waals surface area (Å²) < 4.78 is 52.3. The van der Waals surface area contributed by atoms with Gasteiger partial charge in [0, 0.05) is 23.0 Å². The van der Waals surface area contributed by atoms with Crippen LogP contribution in [0.3, 0.4) is 0 Å². The minimum atomic E-state index is -0.929. The van der Waals surface area contributed by atoms with E-state index in [-0.39, 0.29) is 42.0 Å². The molecule has 0 radical (unpaired) electrons. The third-order valence-electron chi connectivity index (χ3n) is 7.57. The minimum absolute atomic E-state index is 0.0128. The highest BCUT2D eigenvalue weighted by atomic mass is 19.2. The summed E-state index contributed by atoms with van der Waals surface area (Å²) in [6.07, 6.45) is 2.61. The van der Waals surface area contributed by atoms with Crippen LogP contribution in [0.1, 0.15) is 58.1 Å². The number of rotatable bonds is 5. The normalized spacial score (nSPS) is 33.0. The summed E-state index contributed by atoms with van der Waals surface area (Å²) in [6, 6.07) is 10.9. The Balaban J connectivity index is 0.000000192. The molecule has 7 heteroatoms. The SMILES string of the molecule is CCC1C(C)OCC1(N)c1ccccc1F.CCC1OCC(N)(c2cccc(F)c2F)C1CC. The average molecular weight is 479 g/mol. The van der Waals surface area contributed by atoms with Gasteiger partial charge < -0.3 is 20.9 Å². The van der Waals surface area contributed by atoms with E-state index in [2.05, 4.69) is 6.92 Å². The molecule has 0 aromatic heterocycles. The Morgan fingerprint density at radius 1 is 0.765 bits per heavy atom. The summed E-state index contributed by atoms with van der Waals surface area (Å²) >= 11 is 0. The van der Waals surface area contributed by atoms with E-state index in [1.807, 2.05) is 26.8 Å². The van der Waals surface area contributed by atoms with Crippen molar-refractivity contribution < 1.29 is 22.6 Å². The average Bonchev–Trinajstić information content (AvgIpc) is 3.32. The molecular weight excluding hydrogens is 441 g/mol. The van der Waals surface area contributed by atoms with Crippen LogP contribution in [0.5, 0.6) is 0 Å². The molecule has 6 atom stereocenters. The van der Waals surface area contributed by atoms with Crippen molar-refractivity contribution in [2.24, 2.45) is 23.3 Å². The van der Waals surface area contributed by atoms with Gasteiger partial charge in [-0.05, 0) is 38.3 Å². The second-order valence-corrected chi connectivity index (χ2v) is 9.47. The van der Waals surface area contributed by atoms with Crippen LogP contribution < -0.4 is 11.5 Å². The number of hydrogen-bond donors (Lipinski definition) is 2. The molecule has 2 saturated heterocycles. The van der Waals surface area contributed by atoms with Crippen molar-refractivity contribution in [2.45, 2.75) is 70.2 Å². The van der Waals surface area contributed by atoms with E-state index in [1.165, 1.54) is 12.1 Å². The molecule has 6 unspecified atom stereocenters. The predicted octanol–water partition coefficient (Wildman–Crippen LogP) is 5.38. The van der Waals surface area contributed by atoms with Crippen LogP contribution in [0, 0.1) is 29.3 Å². The molecule has 2 aliphatic heterocycles. The summed E-state index contributed by atoms with van der Waals surface area (Å²) in [6.45, 7) is 8.72. The summed E-state index contributed by atoms with van der Waals surface area (Å²) in [5.74, 6) is -1.75. The lowest BCUT2D eigenvalue weighted by atomic mass is 9.76. The molecule has 0 amide bonds. The van der Waals surface area contributed by atoms with Crippen LogP contribution in [0.2, 0.25) is 0 Å². The molecule has 2 fully saturated rings. The Bertz CT molecular complexity index is 975. The van der Waals surface area contributed by atoms with Crippen LogP contribution in [-0.4, -0.2) is 25.4 Å².